The number of benzene rings is 2. The van der Waals surface area contributed by atoms with Gasteiger partial charge >= 0.3 is 6.18 Å². The fourth-order valence-corrected chi connectivity index (χ4v) is 3.21. The number of nitrogens with one attached hydrogen (secondary N) is 1. The first-order chi connectivity index (χ1) is 12.6. The largest absolute Gasteiger partial charge is 0.449 e. The summed E-state index contributed by atoms with van der Waals surface area (Å²) in [5, 5.41) is 2.45. The number of hydrogen-bond acceptors (Lipinski definition) is 4. The Morgan fingerprint density at radius 1 is 1.11 bits per heavy atom. The van der Waals surface area contributed by atoms with E-state index in [0.29, 0.717) is 0 Å². The molecule has 0 fully saturated rings. The van der Waals surface area contributed by atoms with Gasteiger partial charge < -0.3 is 9.88 Å². The van der Waals surface area contributed by atoms with Crippen molar-refractivity contribution in [2.75, 3.05) is 11.6 Å². The summed E-state index contributed by atoms with van der Waals surface area (Å²) in [5.74, 6) is -1.86. The van der Waals surface area contributed by atoms with Crippen LogP contribution in [0.5, 0.6) is 0 Å². The van der Waals surface area contributed by atoms with E-state index in [1.165, 1.54) is 36.4 Å². The van der Waals surface area contributed by atoms with Crippen LogP contribution in [0.25, 0.3) is 11.0 Å². The minimum Gasteiger partial charge on any atom is -0.325 e. The highest BCUT2D eigenvalue weighted by Crippen LogP contribution is 2.31. The van der Waals surface area contributed by atoms with Gasteiger partial charge in [-0.2, -0.15) is 13.2 Å². The van der Waals surface area contributed by atoms with Crippen LogP contribution in [-0.2, 0) is 27.4 Å². The van der Waals surface area contributed by atoms with E-state index in [2.05, 4.69) is 10.3 Å². The molecule has 142 valence electrons. The zero-order valence-corrected chi connectivity index (χ0v) is 14.8. The molecule has 0 aliphatic rings. The van der Waals surface area contributed by atoms with Crippen LogP contribution in [0.15, 0.2) is 53.4 Å². The van der Waals surface area contributed by atoms with Gasteiger partial charge in [0.1, 0.15) is 6.54 Å². The van der Waals surface area contributed by atoms with E-state index in [9.17, 15) is 26.4 Å². The van der Waals surface area contributed by atoms with Gasteiger partial charge in [-0.25, -0.2) is 13.4 Å². The highest BCUT2D eigenvalue weighted by Gasteiger charge is 2.38. The number of imidazole rings is 1. The Labute approximate surface area is 152 Å². The van der Waals surface area contributed by atoms with Crippen LogP contribution in [0.4, 0.5) is 18.9 Å². The van der Waals surface area contributed by atoms with Crippen molar-refractivity contribution in [1.82, 2.24) is 9.55 Å². The molecule has 0 atom stereocenters. The highest BCUT2D eigenvalue weighted by atomic mass is 32.2. The van der Waals surface area contributed by atoms with Gasteiger partial charge in [-0.05, 0) is 36.4 Å². The van der Waals surface area contributed by atoms with E-state index in [-0.39, 0.29) is 21.6 Å². The van der Waals surface area contributed by atoms with Gasteiger partial charge in [0, 0.05) is 11.9 Å². The lowest BCUT2D eigenvalue weighted by Crippen LogP contribution is -2.23. The molecular formula is C17H14F3N3O3S. The summed E-state index contributed by atoms with van der Waals surface area (Å²) in [4.78, 5) is 15.9. The zero-order valence-electron chi connectivity index (χ0n) is 14.0. The van der Waals surface area contributed by atoms with Crippen molar-refractivity contribution in [3.63, 3.8) is 0 Å². The molecule has 1 amide bonds. The van der Waals surface area contributed by atoms with Crippen molar-refractivity contribution in [1.29, 1.82) is 0 Å². The minimum absolute atomic E-state index is 0.0699. The van der Waals surface area contributed by atoms with Crippen LogP contribution in [0.3, 0.4) is 0 Å². The quantitative estimate of drug-likeness (QED) is 0.734. The Morgan fingerprint density at radius 3 is 2.33 bits per heavy atom. The van der Waals surface area contributed by atoms with Crippen molar-refractivity contribution in [3.8, 4) is 0 Å². The number of carbonyl (C=O) groups excluding carboxylic acids is 1. The van der Waals surface area contributed by atoms with Gasteiger partial charge in [0.15, 0.2) is 9.84 Å². The number of amides is 1. The number of fused-ring (bicyclic) bond motifs is 1. The Hall–Kier alpha value is -2.88. The Balaban J connectivity index is 1.86. The van der Waals surface area contributed by atoms with Gasteiger partial charge in [-0.1, -0.05) is 12.1 Å². The van der Waals surface area contributed by atoms with E-state index < -0.39 is 34.3 Å². The molecule has 0 saturated heterocycles. The summed E-state index contributed by atoms with van der Waals surface area (Å²) in [6.45, 7) is -0.594. The second-order valence-electron chi connectivity index (χ2n) is 5.85. The molecule has 1 aromatic heterocycles. The van der Waals surface area contributed by atoms with Gasteiger partial charge in [0.2, 0.25) is 11.7 Å². The van der Waals surface area contributed by atoms with Crippen LogP contribution in [0.2, 0.25) is 0 Å². The average molecular weight is 397 g/mol. The van der Waals surface area contributed by atoms with E-state index in [4.69, 9.17) is 0 Å². The number of halogens is 3. The first-order valence-electron chi connectivity index (χ1n) is 7.68. The van der Waals surface area contributed by atoms with Crippen LogP contribution in [-0.4, -0.2) is 30.1 Å². The van der Waals surface area contributed by atoms with E-state index in [1.54, 1.807) is 12.1 Å². The van der Waals surface area contributed by atoms with Gasteiger partial charge in [0.25, 0.3) is 0 Å². The lowest BCUT2D eigenvalue weighted by molar-refractivity contribution is -0.147. The number of aromatic nitrogens is 2. The summed E-state index contributed by atoms with van der Waals surface area (Å²) in [6, 6.07) is 11.3. The SMILES string of the molecule is CS(=O)(=O)c1ccc(NC(=O)Cn2c(C(F)(F)F)nc3ccccc32)cc1. The third kappa shape index (κ3) is 4.11. The summed E-state index contributed by atoms with van der Waals surface area (Å²) >= 11 is 0. The van der Waals surface area contributed by atoms with Crippen LogP contribution in [0.1, 0.15) is 5.82 Å². The lowest BCUT2D eigenvalue weighted by Gasteiger charge is -2.12. The number of anilines is 1. The van der Waals surface area contributed by atoms with Crippen molar-refractivity contribution in [3.05, 3.63) is 54.4 Å². The molecule has 2 aromatic carbocycles. The Morgan fingerprint density at radius 2 is 1.74 bits per heavy atom. The number of alkyl halides is 3. The number of carbonyl (C=O) groups is 1. The summed E-state index contributed by atoms with van der Waals surface area (Å²) < 4.78 is 63.4. The van der Waals surface area contributed by atoms with Crippen LogP contribution < -0.4 is 5.32 Å². The molecule has 1 N–H and O–H groups in total. The number of rotatable bonds is 4. The summed E-state index contributed by atoms with van der Waals surface area (Å²) in [6.07, 6.45) is -3.67. The first kappa shape index (κ1) is 18.9. The molecule has 6 nitrogen and oxygen atoms in total. The van der Waals surface area contributed by atoms with E-state index in [0.717, 1.165) is 10.8 Å². The molecule has 0 bridgehead atoms. The topological polar surface area (TPSA) is 81.1 Å². The second kappa shape index (κ2) is 6.69. The van der Waals surface area contributed by atoms with Crippen molar-refractivity contribution in [2.45, 2.75) is 17.6 Å². The maximum absolute atomic E-state index is 13.2. The molecule has 3 rings (SSSR count). The fraction of sp³-hybridized carbons (Fsp3) is 0.176. The number of para-hydroxylation sites is 2. The predicted molar refractivity (Wildman–Crippen MR) is 92.9 cm³/mol. The van der Waals surface area contributed by atoms with Crippen LogP contribution >= 0.6 is 0 Å². The zero-order chi connectivity index (χ0) is 19.8. The minimum atomic E-state index is -4.71. The molecule has 0 unspecified atom stereocenters. The first-order valence-corrected chi connectivity index (χ1v) is 9.57. The molecular weight excluding hydrogens is 383 g/mol. The molecule has 0 radical (unpaired) electrons. The molecule has 0 spiro atoms. The van der Waals surface area contributed by atoms with Crippen LogP contribution in [0, 0.1) is 0 Å². The Bertz CT molecular complexity index is 1100. The summed E-state index contributed by atoms with van der Waals surface area (Å²) in [5.41, 5.74) is 0.591. The van der Waals surface area contributed by atoms with E-state index >= 15 is 0 Å². The molecule has 27 heavy (non-hydrogen) atoms. The monoisotopic (exact) mass is 397 g/mol. The normalized spacial score (nSPS) is 12.3. The smallest absolute Gasteiger partial charge is 0.325 e. The fourth-order valence-electron chi connectivity index (χ4n) is 2.58. The number of hydrogen-bond donors (Lipinski definition) is 1. The molecule has 0 aliphatic heterocycles. The molecule has 1 heterocycles. The van der Waals surface area contributed by atoms with Gasteiger partial charge in [0.05, 0.1) is 15.9 Å². The molecule has 0 saturated carbocycles. The standard InChI is InChI=1S/C17H14F3N3O3S/c1-27(25,26)12-8-6-11(7-9-12)21-15(24)10-23-14-5-3-2-4-13(14)22-16(23)17(18,19)20/h2-9H,10H2,1H3,(H,21,24). The molecule has 0 aliphatic carbocycles. The summed E-state index contributed by atoms with van der Waals surface area (Å²) in [7, 11) is -3.39. The maximum atomic E-state index is 13.2. The Kier molecular flexibility index (Phi) is 4.68. The third-order valence-corrected chi connectivity index (χ3v) is 4.90. The van der Waals surface area contributed by atoms with Gasteiger partial charge in [-0.15, -0.1) is 0 Å². The van der Waals surface area contributed by atoms with Crippen molar-refractivity contribution >= 4 is 32.5 Å². The van der Waals surface area contributed by atoms with Gasteiger partial charge in [-0.3, -0.25) is 4.79 Å². The maximum Gasteiger partial charge on any atom is 0.449 e. The average Bonchev–Trinajstić information content (AvgIpc) is 2.93. The third-order valence-electron chi connectivity index (χ3n) is 3.78. The van der Waals surface area contributed by atoms with Crippen molar-refractivity contribution < 1.29 is 26.4 Å². The number of sulfone groups is 1. The molecule has 3 aromatic rings. The lowest BCUT2D eigenvalue weighted by atomic mass is 10.3. The van der Waals surface area contributed by atoms with E-state index in [1.807, 2.05) is 0 Å². The second-order valence-corrected chi connectivity index (χ2v) is 7.87. The molecule has 10 heteroatoms. The predicted octanol–water partition coefficient (Wildman–Crippen LogP) is 3.10. The number of nitrogens with zero attached hydrogens (tertiary/aromatic N) is 2. The highest BCUT2D eigenvalue weighted by molar-refractivity contribution is 7.90. The van der Waals surface area contributed by atoms with Crippen molar-refractivity contribution in [2.24, 2.45) is 0 Å².